The number of sulfonamides is 1. The number of ether oxygens (including phenoxy) is 2. The van der Waals surface area contributed by atoms with Crippen molar-refractivity contribution in [3.8, 4) is 11.5 Å². The molecule has 192 valence electrons. The molecule has 0 radical (unpaired) electrons. The average Bonchev–Trinajstić information content (AvgIpc) is 3.21. The predicted octanol–water partition coefficient (Wildman–Crippen LogP) is 3.99. The first-order chi connectivity index (χ1) is 17.7. The summed E-state index contributed by atoms with van der Waals surface area (Å²) in [5.41, 5.74) is 2.51. The molecule has 4 aromatic rings. The Labute approximate surface area is 217 Å². The number of benzene rings is 3. The van der Waals surface area contributed by atoms with E-state index in [2.05, 4.69) is 5.32 Å². The van der Waals surface area contributed by atoms with E-state index in [1.165, 1.54) is 23.5 Å². The first-order valence-corrected chi connectivity index (χ1v) is 13.9. The topological polar surface area (TPSA) is 107 Å². The van der Waals surface area contributed by atoms with Crippen molar-refractivity contribution in [2.75, 3.05) is 23.3 Å². The van der Waals surface area contributed by atoms with Crippen molar-refractivity contribution >= 4 is 48.9 Å². The molecule has 5 rings (SSSR count). The lowest BCUT2D eigenvalue weighted by Crippen LogP contribution is -2.48. The molecule has 0 saturated heterocycles. The van der Waals surface area contributed by atoms with Gasteiger partial charge in [-0.1, -0.05) is 17.4 Å². The Morgan fingerprint density at radius 3 is 2.59 bits per heavy atom. The van der Waals surface area contributed by atoms with Crippen LogP contribution in [0.1, 0.15) is 12.5 Å². The molecule has 37 heavy (non-hydrogen) atoms. The van der Waals surface area contributed by atoms with Gasteiger partial charge in [-0.2, -0.15) is 0 Å². The van der Waals surface area contributed by atoms with Crippen LogP contribution in [0.2, 0.25) is 0 Å². The molecule has 0 spiro atoms. The van der Waals surface area contributed by atoms with Gasteiger partial charge in [-0.15, -0.1) is 0 Å². The second-order valence-electron chi connectivity index (χ2n) is 8.57. The highest BCUT2D eigenvalue weighted by atomic mass is 32.2. The lowest BCUT2D eigenvalue weighted by Gasteiger charge is -2.35. The quantitative estimate of drug-likeness (QED) is 0.397. The lowest BCUT2D eigenvalue weighted by atomic mass is 10.1. The molecule has 0 aliphatic carbocycles. The van der Waals surface area contributed by atoms with Crippen LogP contribution >= 0.6 is 11.3 Å². The molecule has 1 aliphatic rings. The van der Waals surface area contributed by atoms with E-state index >= 15 is 0 Å². The summed E-state index contributed by atoms with van der Waals surface area (Å²) in [5.74, 6) is 0.339. The fourth-order valence-electron chi connectivity index (χ4n) is 4.27. The van der Waals surface area contributed by atoms with E-state index in [-0.39, 0.29) is 16.3 Å². The van der Waals surface area contributed by atoms with Gasteiger partial charge in [0.15, 0.2) is 6.10 Å². The van der Waals surface area contributed by atoms with E-state index in [4.69, 9.17) is 9.47 Å². The van der Waals surface area contributed by atoms with E-state index in [0.717, 1.165) is 27.1 Å². The zero-order valence-corrected chi connectivity index (χ0v) is 22.1. The van der Waals surface area contributed by atoms with E-state index in [1.807, 2.05) is 13.8 Å². The minimum absolute atomic E-state index is 0.0667. The summed E-state index contributed by atoms with van der Waals surface area (Å²) in [6.07, 6.45) is -1.10. The minimum Gasteiger partial charge on any atom is -0.497 e. The van der Waals surface area contributed by atoms with Crippen molar-refractivity contribution in [1.29, 1.82) is 0 Å². The first-order valence-electron chi connectivity index (χ1n) is 11.6. The number of nitrogens with zero attached hydrogens (tertiary/aromatic N) is 2. The van der Waals surface area contributed by atoms with Gasteiger partial charge in [0, 0.05) is 12.2 Å². The number of rotatable bonds is 6. The monoisotopic (exact) mass is 539 g/mol. The summed E-state index contributed by atoms with van der Waals surface area (Å²) in [7, 11) is -2.50. The Balaban J connectivity index is 1.46. The molecule has 1 amide bonds. The number of carbonyl (C=O) groups is 1. The summed E-state index contributed by atoms with van der Waals surface area (Å²) >= 11 is 1.10. The molecule has 1 atom stereocenters. The molecule has 0 fully saturated rings. The maximum Gasteiger partial charge on any atom is 0.308 e. The number of carbonyl (C=O) groups excluding carboxylic acids is 1. The van der Waals surface area contributed by atoms with Crippen molar-refractivity contribution < 1.29 is 22.7 Å². The van der Waals surface area contributed by atoms with Crippen LogP contribution in [0.3, 0.4) is 0 Å². The average molecular weight is 540 g/mol. The third-order valence-electron chi connectivity index (χ3n) is 6.18. The molecule has 3 aromatic carbocycles. The van der Waals surface area contributed by atoms with Gasteiger partial charge in [0.05, 0.1) is 34.5 Å². The Hall–Kier alpha value is -3.83. The number of thiazole rings is 1. The van der Waals surface area contributed by atoms with E-state index < -0.39 is 22.0 Å². The van der Waals surface area contributed by atoms with Gasteiger partial charge in [0.25, 0.3) is 15.9 Å². The number of aromatic nitrogens is 1. The number of hydrogen-bond donors (Lipinski definition) is 1. The van der Waals surface area contributed by atoms with Crippen molar-refractivity contribution in [2.24, 2.45) is 0 Å². The first kappa shape index (κ1) is 24.8. The van der Waals surface area contributed by atoms with E-state index in [0.29, 0.717) is 29.4 Å². The fourth-order valence-corrected chi connectivity index (χ4v) is 6.74. The van der Waals surface area contributed by atoms with Crippen LogP contribution in [0, 0.1) is 6.92 Å². The number of fused-ring (bicyclic) bond motifs is 2. The van der Waals surface area contributed by atoms with Gasteiger partial charge in [0.2, 0.25) is 0 Å². The lowest BCUT2D eigenvalue weighted by molar-refractivity contribution is -0.122. The standard InChI is InChI=1S/C26H25N3O6S2/c1-4-28-21-12-6-17(14-24(21)36-26(28)31)27-25(30)23-15-29(20-11-5-16(2)13-22(20)35-23)37(32,33)19-9-7-18(34-3)8-10-19/h5-14,23H,4,15H2,1-3H3,(H,27,30)/t23-/m0/s1. The summed E-state index contributed by atoms with van der Waals surface area (Å²) < 4.78 is 42.0. The fraction of sp³-hybridized carbons (Fsp3) is 0.231. The van der Waals surface area contributed by atoms with Crippen LogP contribution < -0.4 is 24.0 Å². The molecule has 0 saturated carbocycles. The van der Waals surface area contributed by atoms with Crippen LogP contribution in [-0.4, -0.2) is 38.7 Å². The van der Waals surface area contributed by atoms with Crippen LogP contribution in [0.15, 0.2) is 70.4 Å². The predicted molar refractivity (Wildman–Crippen MR) is 144 cm³/mol. The maximum absolute atomic E-state index is 13.6. The smallest absolute Gasteiger partial charge is 0.308 e. The summed E-state index contributed by atoms with van der Waals surface area (Å²) in [6, 6.07) is 16.5. The summed E-state index contributed by atoms with van der Waals surface area (Å²) in [5, 5.41) is 2.82. The van der Waals surface area contributed by atoms with Crippen LogP contribution in [0.25, 0.3) is 10.2 Å². The van der Waals surface area contributed by atoms with Gasteiger partial charge in [-0.05, 0) is 74.0 Å². The molecule has 9 nitrogen and oxygen atoms in total. The summed E-state index contributed by atoms with van der Waals surface area (Å²) in [4.78, 5) is 25.5. The van der Waals surface area contributed by atoms with Gasteiger partial charge in [-0.25, -0.2) is 8.42 Å². The van der Waals surface area contributed by atoms with E-state index in [9.17, 15) is 18.0 Å². The Morgan fingerprint density at radius 1 is 1.14 bits per heavy atom. The third kappa shape index (κ3) is 4.56. The number of anilines is 2. The molecular weight excluding hydrogens is 514 g/mol. The van der Waals surface area contributed by atoms with Crippen LogP contribution in [0.4, 0.5) is 11.4 Å². The van der Waals surface area contributed by atoms with E-state index in [1.54, 1.807) is 53.1 Å². The number of aryl methyl sites for hydroxylation is 2. The molecule has 1 aliphatic heterocycles. The molecule has 1 aromatic heterocycles. The zero-order valence-electron chi connectivity index (χ0n) is 20.4. The molecule has 0 bridgehead atoms. The number of amides is 1. The highest BCUT2D eigenvalue weighted by Crippen LogP contribution is 2.38. The molecule has 1 N–H and O–H groups in total. The van der Waals surface area contributed by atoms with Gasteiger partial charge >= 0.3 is 4.87 Å². The largest absolute Gasteiger partial charge is 0.497 e. The number of hydrogen-bond acceptors (Lipinski definition) is 7. The van der Waals surface area contributed by atoms with Crippen LogP contribution in [0.5, 0.6) is 11.5 Å². The Bertz CT molecular complexity index is 1660. The van der Waals surface area contributed by atoms with Crippen molar-refractivity contribution in [1.82, 2.24) is 4.57 Å². The highest BCUT2D eigenvalue weighted by Gasteiger charge is 2.37. The molecule has 2 heterocycles. The Morgan fingerprint density at radius 2 is 1.89 bits per heavy atom. The van der Waals surface area contributed by atoms with Gasteiger partial charge in [-0.3, -0.25) is 18.5 Å². The summed E-state index contributed by atoms with van der Waals surface area (Å²) in [6.45, 7) is 4.10. The maximum atomic E-state index is 13.6. The highest BCUT2D eigenvalue weighted by molar-refractivity contribution is 7.92. The van der Waals surface area contributed by atoms with Gasteiger partial charge in [0.1, 0.15) is 11.5 Å². The second kappa shape index (κ2) is 9.56. The second-order valence-corrected chi connectivity index (χ2v) is 11.4. The molecule has 11 heteroatoms. The normalized spacial score (nSPS) is 15.2. The van der Waals surface area contributed by atoms with Crippen molar-refractivity contribution in [3.05, 3.63) is 75.9 Å². The zero-order chi connectivity index (χ0) is 26.3. The third-order valence-corrected chi connectivity index (χ3v) is 8.91. The number of nitrogens with one attached hydrogen (secondary N) is 1. The molecular formula is C26H25N3O6S2. The molecule has 0 unspecified atom stereocenters. The van der Waals surface area contributed by atoms with Crippen molar-refractivity contribution in [2.45, 2.75) is 31.4 Å². The van der Waals surface area contributed by atoms with Crippen LogP contribution in [-0.2, 0) is 21.4 Å². The minimum atomic E-state index is -4.00. The Kier molecular flexibility index (Phi) is 6.42. The van der Waals surface area contributed by atoms with Gasteiger partial charge < -0.3 is 14.8 Å². The SMILES string of the molecule is CCn1c(=O)sc2cc(NC(=O)[C@@H]3CN(S(=O)(=O)c4ccc(OC)cc4)c4ccc(C)cc4O3)ccc21. The number of methoxy groups -OCH3 is 1. The van der Waals surface area contributed by atoms with Crippen molar-refractivity contribution in [3.63, 3.8) is 0 Å².